The molecule has 0 aromatic rings. The highest BCUT2D eigenvalue weighted by molar-refractivity contribution is 7.22. The van der Waals surface area contributed by atoms with Gasteiger partial charge >= 0.3 is 5.97 Å². The van der Waals surface area contributed by atoms with Gasteiger partial charge in [0.2, 0.25) is 0 Å². The second kappa shape index (κ2) is 2.32. The van der Waals surface area contributed by atoms with Crippen molar-refractivity contribution < 1.29 is 9.90 Å². The molecule has 0 fully saturated rings. The number of hydrogen-bond acceptors (Lipinski definition) is 1. The van der Waals surface area contributed by atoms with Crippen LogP contribution in [-0.2, 0) is 4.79 Å². The molecule has 0 saturated heterocycles. The zero-order valence-corrected chi connectivity index (χ0v) is 5.95. The van der Waals surface area contributed by atoms with Crippen molar-refractivity contribution in [2.75, 3.05) is 0 Å². The first-order valence-electron chi connectivity index (χ1n) is 2.58. The van der Waals surface area contributed by atoms with Crippen molar-refractivity contribution >= 4 is 15.2 Å². The van der Waals surface area contributed by atoms with E-state index in [0.717, 1.165) is 5.31 Å². The van der Waals surface area contributed by atoms with Gasteiger partial charge in [0.25, 0.3) is 0 Å². The van der Waals surface area contributed by atoms with Gasteiger partial charge in [-0.2, -0.15) is 0 Å². The summed E-state index contributed by atoms with van der Waals surface area (Å²) >= 11 is 0. The Labute approximate surface area is 55.5 Å². The predicted octanol–water partition coefficient (Wildman–Crippen LogP) is 1.16. The van der Waals surface area contributed by atoms with E-state index in [4.69, 9.17) is 5.11 Å². The van der Waals surface area contributed by atoms with E-state index in [9.17, 15) is 4.79 Å². The van der Waals surface area contributed by atoms with Gasteiger partial charge in [0.1, 0.15) is 0 Å². The maximum absolute atomic E-state index is 10.2. The first kappa shape index (κ1) is 6.50. The Morgan fingerprint density at radius 2 is 2.33 bits per heavy atom. The molecule has 3 heteroatoms. The molecule has 0 bridgehead atoms. The number of hydrogen-bond donors (Lipinski definition) is 1. The lowest BCUT2D eigenvalue weighted by atomic mass is 10.2. The molecule has 1 aliphatic carbocycles. The van der Waals surface area contributed by atoms with E-state index in [2.05, 4.69) is 9.24 Å². The molecular weight excluding hydrogens is 135 g/mol. The van der Waals surface area contributed by atoms with Gasteiger partial charge in [-0.3, -0.25) is 0 Å². The largest absolute Gasteiger partial charge is 0.478 e. The van der Waals surface area contributed by atoms with Gasteiger partial charge in [-0.1, -0.05) is 12.2 Å². The number of carboxylic acid groups (broad SMARTS) is 1. The van der Waals surface area contributed by atoms with Crippen LogP contribution >= 0.6 is 9.24 Å². The summed E-state index contributed by atoms with van der Waals surface area (Å²) in [6, 6.07) is 0. The van der Waals surface area contributed by atoms with Gasteiger partial charge < -0.3 is 5.11 Å². The molecule has 0 radical (unpaired) electrons. The molecule has 2 nitrogen and oxygen atoms in total. The van der Waals surface area contributed by atoms with Crippen molar-refractivity contribution in [1.29, 1.82) is 0 Å². The Hall–Kier alpha value is -0.620. The average Bonchev–Trinajstić information content (AvgIpc) is 2.14. The number of carboxylic acids is 1. The molecule has 0 aromatic heterocycles. The van der Waals surface area contributed by atoms with Gasteiger partial charge in [0.15, 0.2) is 0 Å². The molecule has 48 valence electrons. The van der Waals surface area contributed by atoms with Crippen molar-refractivity contribution in [3.63, 3.8) is 0 Å². The summed E-state index contributed by atoms with van der Waals surface area (Å²) in [6.07, 6.45) is 4.00. The minimum absolute atomic E-state index is 0.472. The second-order valence-corrected chi connectivity index (χ2v) is 2.66. The maximum atomic E-state index is 10.2. The van der Waals surface area contributed by atoms with E-state index >= 15 is 0 Å². The fourth-order valence-electron chi connectivity index (χ4n) is 0.692. The smallest absolute Gasteiger partial charge is 0.331 e. The number of rotatable bonds is 1. The average molecular weight is 142 g/mol. The van der Waals surface area contributed by atoms with Crippen LogP contribution in [0.4, 0.5) is 0 Å². The first-order chi connectivity index (χ1) is 4.20. The summed E-state index contributed by atoms with van der Waals surface area (Å²) in [5.74, 6) is -0.816. The molecule has 1 rings (SSSR count). The summed E-state index contributed by atoms with van der Waals surface area (Å²) in [7, 11) is 2.49. The standard InChI is InChI=1S/C6H7O2P/c7-6(8)4-1-2-5(9)3-4/h1-2H,3,9H2,(H,7,8). The van der Waals surface area contributed by atoms with Crippen molar-refractivity contribution in [2.45, 2.75) is 6.42 Å². The molecule has 1 unspecified atom stereocenters. The summed E-state index contributed by atoms with van der Waals surface area (Å²) < 4.78 is 0. The minimum Gasteiger partial charge on any atom is -0.478 e. The summed E-state index contributed by atoms with van der Waals surface area (Å²) in [5, 5.41) is 9.45. The predicted molar refractivity (Wildman–Crippen MR) is 38.1 cm³/mol. The molecule has 0 aliphatic heterocycles. The highest BCUT2D eigenvalue weighted by Gasteiger charge is 2.10. The highest BCUT2D eigenvalue weighted by atomic mass is 31.0. The van der Waals surface area contributed by atoms with E-state index in [1.807, 2.05) is 0 Å². The van der Waals surface area contributed by atoms with Crippen LogP contribution in [0.3, 0.4) is 0 Å². The summed E-state index contributed by atoms with van der Waals surface area (Å²) in [5.41, 5.74) is 0.472. The normalized spacial score (nSPS) is 17.0. The topological polar surface area (TPSA) is 37.3 Å². The third kappa shape index (κ3) is 1.39. The molecule has 0 spiro atoms. The van der Waals surface area contributed by atoms with E-state index in [1.54, 1.807) is 12.2 Å². The van der Waals surface area contributed by atoms with Crippen molar-refractivity contribution in [1.82, 2.24) is 0 Å². The quantitative estimate of drug-likeness (QED) is 0.558. The van der Waals surface area contributed by atoms with E-state index in [0.29, 0.717) is 12.0 Å². The molecule has 0 saturated carbocycles. The molecule has 0 amide bonds. The number of allylic oxidation sites excluding steroid dienone is 3. The second-order valence-electron chi connectivity index (χ2n) is 1.92. The molecule has 9 heavy (non-hydrogen) atoms. The van der Waals surface area contributed by atoms with Crippen LogP contribution in [0.25, 0.3) is 0 Å². The van der Waals surface area contributed by atoms with Crippen molar-refractivity contribution in [3.05, 3.63) is 23.0 Å². The van der Waals surface area contributed by atoms with E-state index in [-0.39, 0.29) is 0 Å². The van der Waals surface area contributed by atoms with Crippen molar-refractivity contribution in [2.24, 2.45) is 0 Å². The summed E-state index contributed by atoms with van der Waals surface area (Å²) in [6.45, 7) is 0. The fourth-order valence-corrected chi connectivity index (χ4v) is 1.01. The maximum Gasteiger partial charge on any atom is 0.331 e. The van der Waals surface area contributed by atoms with Gasteiger partial charge in [-0.15, -0.1) is 9.24 Å². The number of aliphatic carboxylic acids is 1. The molecule has 0 aromatic carbocycles. The fraction of sp³-hybridized carbons (Fsp3) is 0.167. The SMILES string of the molecule is O=C(O)C1=CC=C(P)C1. The van der Waals surface area contributed by atoms with Crippen LogP contribution in [0, 0.1) is 0 Å². The number of carbonyl (C=O) groups is 1. The van der Waals surface area contributed by atoms with Crippen LogP contribution in [0.15, 0.2) is 23.0 Å². The summed E-state index contributed by atoms with van der Waals surface area (Å²) in [4.78, 5) is 10.2. The van der Waals surface area contributed by atoms with Crippen LogP contribution in [-0.4, -0.2) is 11.1 Å². The molecule has 1 aliphatic rings. The lowest BCUT2D eigenvalue weighted by Gasteiger charge is -1.91. The molecule has 0 heterocycles. The van der Waals surface area contributed by atoms with Gasteiger partial charge in [-0.05, 0) is 5.31 Å². The Morgan fingerprint density at radius 1 is 1.67 bits per heavy atom. The zero-order valence-electron chi connectivity index (χ0n) is 4.79. The molecule has 1 N–H and O–H groups in total. The highest BCUT2D eigenvalue weighted by Crippen LogP contribution is 2.23. The van der Waals surface area contributed by atoms with Gasteiger partial charge in [-0.25, -0.2) is 4.79 Å². The Morgan fingerprint density at radius 3 is 2.56 bits per heavy atom. The first-order valence-corrected chi connectivity index (χ1v) is 3.16. The van der Waals surface area contributed by atoms with Crippen LogP contribution in [0.2, 0.25) is 0 Å². The zero-order chi connectivity index (χ0) is 6.85. The molecule has 1 atom stereocenters. The van der Waals surface area contributed by atoms with Crippen LogP contribution in [0.5, 0.6) is 0 Å². The Balaban J connectivity index is 2.64. The van der Waals surface area contributed by atoms with E-state index in [1.165, 1.54) is 0 Å². The Kier molecular flexibility index (Phi) is 1.68. The minimum atomic E-state index is -0.816. The lowest BCUT2D eigenvalue weighted by Crippen LogP contribution is -1.96. The third-order valence-corrected chi connectivity index (χ3v) is 1.56. The van der Waals surface area contributed by atoms with Crippen LogP contribution in [0.1, 0.15) is 6.42 Å². The Bertz CT molecular complexity index is 203. The van der Waals surface area contributed by atoms with Gasteiger partial charge in [0, 0.05) is 12.0 Å². The van der Waals surface area contributed by atoms with Gasteiger partial charge in [0.05, 0.1) is 0 Å². The monoisotopic (exact) mass is 142 g/mol. The van der Waals surface area contributed by atoms with Crippen molar-refractivity contribution in [3.8, 4) is 0 Å². The lowest BCUT2D eigenvalue weighted by molar-refractivity contribution is -0.132. The van der Waals surface area contributed by atoms with E-state index < -0.39 is 5.97 Å². The molecular formula is C6H7O2P. The van der Waals surface area contributed by atoms with Crippen LogP contribution < -0.4 is 0 Å². The third-order valence-electron chi connectivity index (χ3n) is 1.17.